The standard InChI is InChI=1S/C5H8BrNS/c1-4-5(2-6)8-3-7-4/h7H,2-3H2,1H3. The maximum atomic E-state index is 3.40. The van der Waals surface area contributed by atoms with Crippen molar-refractivity contribution >= 4 is 27.7 Å². The highest BCUT2D eigenvalue weighted by Crippen LogP contribution is 2.24. The third-order valence-corrected chi connectivity index (χ3v) is 3.14. The van der Waals surface area contributed by atoms with Crippen LogP contribution in [0.4, 0.5) is 0 Å². The lowest BCUT2D eigenvalue weighted by Crippen LogP contribution is -2.02. The van der Waals surface area contributed by atoms with E-state index in [2.05, 4.69) is 28.2 Å². The van der Waals surface area contributed by atoms with Gasteiger partial charge in [-0.15, -0.1) is 11.8 Å². The first kappa shape index (κ1) is 6.49. The van der Waals surface area contributed by atoms with Crippen molar-refractivity contribution in [2.45, 2.75) is 6.92 Å². The van der Waals surface area contributed by atoms with E-state index in [9.17, 15) is 0 Å². The highest BCUT2D eigenvalue weighted by Gasteiger charge is 2.07. The molecule has 0 saturated heterocycles. The second-order valence-electron chi connectivity index (χ2n) is 1.65. The van der Waals surface area contributed by atoms with Crippen LogP contribution >= 0.6 is 27.7 Å². The number of hydrogen-bond donors (Lipinski definition) is 1. The monoisotopic (exact) mass is 193 g/mol. The molecule has 1 heterocycles. The molecular weight excluding hydrogens is 186 g/mol. The zero-order chi connectivity index (χ0) is 5.98. The third-order valence-electron chi connectivity index (χ3n) is 1.12. The van der Waals surface area contributed by atoms with Crippen LogP contribution in [0.15, 0.2) is 10.6 Å². The molecule has 0 spiro atoms. The van der Waals surface area contributed by atoms with Gasteiger partial charge in [0.05, 0.1) is 5.88 Å². The van der Waals surface area contributed by atoms with Crippen LogP contribution in [0, 0.1) is 0 Å². The van der Waals surface area contributed by atoms with Crippen molar-refractivity contribution in [3.63, 3.8) is 0 Å². The van der Waals surface area contributed by atoms with Crippen LogP contribution in [0.3, 0.4) is 0 Å². The largest absolute Gasteiger partial charge is 0.379 e. The Bertz CT molecular complexity index is 122. The molecule has 0 radical (unpaired) electrons. The molecule has 0 unspecified atom stereocenters. The van der Waals surface area contributed by atoms with Gasteiger partial charge in [0, 0.05) is 15.9 Å². The number of allylic oxidation sites excluding steroid dienone is 2. The summed E-state index contributed by atoms with van der Waals surface area (Å²) in [7, 11) is 0. The molecule has 1 rings (SSSR count). The zero-order valence-corrected chi connectivity index (χ0v) is 7.10. The molecule has 3 heteroatoms. The number of rotatable bonds is 1. The molecule has 0 aromatic carbocycles. The first-order chi connectivity index (χ1) is 3.84. The van der Waals surface area contributed by atoms with Crippen molar-refractivity contribution in [3.8, 4) is 0 Å². The van der Waals surface area contributed by atoms with Gasteiger partial charge in [-0.3, -0.25) is 0 Å². The summed E-state index contributed by atoms with van der Waals surface area (Å²) in [5.74, 6) is 1.05. The summed E-state index contributed by atoms with van der Waals surface area (Å²) in [5.41, 5.74) is 1.33. The Morgan fingerprint density at radius 1 is 1.88 bits per heavy atom. The molecule has 0 fully saturated rings. The van der Waals surface area contributed by atoms with E-state index in [1.165, 1.54) is 10.6 Å². The van der Waals surface area contributed by atoms with Gasteiger partial charge in [0.2, 0.25) is 0 Å². The second-order valence-corrected chi connectivity index (χ2v) is 3.28. The number of alkyl halides is 1. The Labute approximate surface area is 62.0 Å². The van der Waals surface area contributed by atoms with Gasteiger partial charge >= 0.3 is 0 Å². The van der Waals surface area contributed by atoms with Crippen LogP contribution in [-0.2, 0) is 0 Å². The summed E-state index contributed by atoms with van der Waals surface area (Å²) in [6, 6.07) is 0. The van der Waals surface area contributed by atoms with E-state index in [4.69, 9.17) is 0 Å². The van der Waals surface area contributed by atoms with Gasteiger partial charge < -0.3 is 5.32 Å². The number of halogens is 1. The fourth-order valence-corrected chi connectivity index (χ4v) is 2.31. The van der Waals surface area contributed by atoms with Crippen LogP contribution in [0.5, 0.6) is 0 Å². The predicted octanol–water partition coefficient (Wildman–Crippen LogP) is 1.91. The summed E-state index contributed by atoms with van der Waals surface area (Å²) < 4.78 is 0. The summed E-state index contributed by atoms with van der Waals surface area (Å²) in [6.07, 6.45) is 0. The average Bonchev–Trinajstić information content (AvgIpc) is 2.14. The highest BCUT2D eigenvalue weighted by atomic mass is 79.9. The first-order valence-corrected chi connectivity index (χ1v) is 4.57. The molecule has 0 atom stereocenters. The van der Waals surface area contributed by atoms with Crippen LogP contribution in [-0.4, -0.2) is 11.2 Å². The van der Waals surface area contributed by atoms with E-state index < -0.39 is 0 Å². The normalized spacial score (nSPS) is 19.2. The van der Waals surface area contributed by atoms with Crippen LogP contribution in [0.2, 0.25) is 0 Å². The van der Waals surface area contributed by atoms with E-state index in [1.807, 2.05) is 11.8 Å². The maximum absolute atomic E-state index is 3.40. The first-order valence-electron chi connectivity index (χ1n) is 2.47. The van der Waals surface area contributed by atoms with Crippen molar-refractivity contribution in [2.75, 3.05) is 11.2 Å². The lowest BCUT2D eigenvalue weighted by molar-refractivity contribution is 0.975. The zero-order valence-electron chi connectivity index (χ0n) is 4.70. The molecule has 1 N–H and O–H groups in total. The topological polar surface area (TPSA) is 12.0 Å². The lowest BCUT2D eigenvalue weighted by atomic mass is 10.5. The number of nitrogens with one attached hydrogen (secondary N) is 1. The molecule has 0 amide bonds. The van der Waals surface area contributed by atoms with Crippen LogP contribution < -0.4 is 5.32 Å². The van der Waals surface area contributed by atoms with E-state index in [-0.39, 0.29) is 0 Å². The van der Waals surface area contributed by atoms with Gasteiger partial charge in [0.25, 0.3) is 0 Å². The van der Waals surface area contributed by atoms with E-state index in [0.717, 1.165) is 11.2 Å². The molecule has 8 heavy (non-hydrogen) atoms. The summed E-state index contributed by atoms with van der Waals surface area (Å²) in [4.78, 5) is 1.44. The van der Waals surface area contributed by atoms with E-state index >= 15 is 0 Å². The molecular formula is C5H8BrNS. The minimum Gasteiger partial charge on any atom is -0.379 e. The van der Waals surface area contributed by atoms with Crippen molar-refractivity contribution in [2.24, 2.45) is 0 Å². The third kappa shape index (κ3) is 1.20. The molecule has 0 aromatic heterocycles. The van der Waals surface area contributed by atoms with Gasteiger partial charge in [-0.25, -0.2) is 0 Å². The van der Waals surface area contributed by atoms with Crippen molar-refractivity contribution in [3.05, 3.63) is 10.6 Å². The van der Waals surface area contributed by atoms with Crippen LogP contribution in [0.1, 0.15) is 6.92 Å². The molecule has 0 aromatic rings. The molecule has 1 aliphatic rings. The van der Waals surface area contributed by atoms with Crippen molar-refractivity contribution < 1.29 is 0 Å². The quantitative estimate of drug-likeness (QED) is 0.640. The summed E-state index contributed by atoms with van der Waals surface area (Å²) in [5, 5.41) is 4.23. The smallest absolute Gasteiger partial charge is 0.0652 e. The molecule has 1 aliphatic heterocycles. The van der Waals surface area contributed by atoms with Crippen LogP contribution in [0.25, 0.3) is 0 Å². The summed E-state index contributed by atoms with van der Waals surface area (Å²) >= 11 is 5.27. The van der Waals surface area contributed by atoms with E-state index in [1.54, 1.807) is 0 Å². The molecule has 0 aliphatic carbocycles. The van der Waals surface area contributed by atoms with Gasteiger partial charge in [0.15, 0.2) is 0 Å². The second kappa shape index (κ2) is 2.78. The van der Waals surface area contributed by atoms with E-state index in [0.29, 0.717) is 0 Å². The maximum Gasteiger partial charge on any atom is 0.0652 e. The molecule has 0 bridgehead atoms. The highest BCUT2D eigenvalue weighted by molar-refractivity contribution is 9.09. The molecule has 0 saturated carbocycles. The number of thioether (sulfide) groups is 1. The van der Waals surface area contributed by atoms with Crippen molar-refractivity contribution in [1.82, 2.24) is 5.32 Å². The molecule has 1 nitrogen and oxygen atoms in total. The Morgan fingerprint density at radius 3 is 2.88 bits per heavy atom. The molecule has 46 valence electrons. The fourth-order valence-electron chi connectivity index (χ4n) is 0.577. The lowest BCUT2D eigenvalue weighted by Gasteiger charge is -1.92. The number of hydrogen-bond acceptors (Lipinski definition) is 2. The minimum absolute atomic E-state index is 0.997. The Kier molecular flexibility index (Phi) is 2.26. The van der Waals surface area contributed by atoms with Gasteiger partial charge in [-0.1, -0.05) is 15.9 Å². The SMILES string of the molecule is CC1=C(CBr)SCN1. The van der Waals surface area contributed by atoms with Gasteiger partial charge in [-0.2, -0.15) is 0 Å². The average molecular weight is 194 g/mol. The summed E-state index contributed by atoms with van der Waals surface area (Å²) in [6.45, 7) is 2.11. The Morgan fingerprint density at radius 2 is 2.62 bits per heavy atom. The van der Waals surface area contributed by atoms with Gasteiger partial charge in [-0.05, 0) is 6.92 Å². The predicted molar refractivity (Wildman–Crippen MR) is 42.1 cm³/mol. The Balaban J connectivity index is 2.58. The van der Waals surface area contributed by atoms with Gasteiger partial charge in [0.1, 0.15) is 0 Å². The minimum atomic E-state index is 0.997. The fraction of sp³-hybridized carbons (Fsp3) is 0.600. The Hall–Kier alpha value is 0.370. The van der Waals surface area contributed by atoms with Crippen molar-refractivity contribution in [1.29, 1.82) is 0 Å².